The molecule has 2 aromatic carbocycles. The van der Waals surface area contributed by atoms with Crippen LogP contribution in [0.5, 0.6) is 5.75 Å². The van der Waals surface area contributed by atoms with E-state index in [1.54, 1.807) is 4.90 Å². The minimum absolute atomic E-state index is 0.0595. The van der Waals surface area contributed by atoms with Crippen LogP contribution in [0.2, 0.25) is 0 Å². The molecule has 0 N–H and O–H groups in total. The number of carbonyl (C=O) groups excluding carboxylic acids is 1. The number of benzene rings is 2. The number of amides is 1. The number of carbonyl (C=O) groups is 1. The van der Waals surface area contributed by atoms with Gasteiger partial charge >= 0.3 is 0 Å². The van der Waals surface area contributed by atoms with Gasteiger partial charge in [0.1, 0.15) is 5.75 Å². The minimum atomic E-state index is -0.109. The molecule has 1 aliphatic heterocycles. The zero-order valence-corrected chi connectivity index (χ0v) is 17.4. The van der Waals surface area contributed by atoms with Crippen molar-refractivity contribution < 1.29 is 9.53 Å². The molecule has 4 nitrogen and oxygen atoms in total. The molecule has 0 spiro atoms. The van der Waals surface area contributed by atoms with Gasteiger partial charge in [0.15, 0.2) is 4.32 Å². The minimum Gasteiger partial charge on any atom is -0.490 e. The van der Waals surface area contributed by atoms with E-state index in [1.807, 2.05) is 87.4 Å². The molecule has 0 bridgehead atoms. The number of hydrogen-bond donors (Lipinski definition) is 0. The summed E-state index contributed by atoms with van der Waals surface area (Å²) in [7, 11) is 3.96. The van der Waals surface area contributed by atoms with Crippen LogP contribution in [0.15, 0.2) is 53.4 Å². The standard InChI is InChI=1S/C21H22N2O2S2/c1-14(2)25-18-8-6-5-7-15(18)13-19-20(24)23(21(26)27-19)17-11-9-16(10-12-17)22(3)4/h5-14H,1-4H3/b19-13-. The smallest absolute Gasteiger partial charge is 0.270 e. The summed E-state index contributed by atoms with van der Waals surface area (Å²) in [6, 6.07) is 15.5. The molecule has 140 valence electrons. The Morgan fingerprint density at radius 2 is 1.78 bits per heavy atom. The first kappa shape index (κ1) is 19.5. The molecule has 0 radical (unpaired) electrons. The largest absolute Gasteiger partial charge is 0.490 e. The van der Waals surface area contributed by atoms with Crippen LogP contribution >= 0.6 is 24.0 Å². The van der Waals surface area contributed by atoms with Gasteiger partial charge in [-0.15, -0.1) is 0 Å². The molecule has 1 amide bonds. The molecule has 27 heavy (non-hydrogen) atoms. The Bertz CT molecular complexity index is 889. The summed E-state index contributed by atoms with van der Waals surface area (Å²) >= 11 is 6.78. The van der Waals surface area contributed by atoms with Crippen molar-refractivity contribution in [1.29, 1.82) is 0 Å². The molecular formula is C21H22N2O2S2. The summed E-state index contributed by atoms with van der Waals surface area (Å²) in [5.41, 5.74) is 2.72. The molecule has 0 atom stereocenters. The Morgan fingerprint density at radius 3 is 2.41 bits per heavy atom. The van der Waals surface area contributed by atoms with E-state index >= 15 is 0 Å². The Balaban J connectivity index is 1.89. The van der Waals surface area contributed by atoms with Crippen molar-refractivity contribution in [2.24, 2.45) is 0 Å². The number of anilines is 2. The Labute approximate surface area is 169 Å². The van der Waals surface area contributed by atoms with Crippen LogP contribution in [0, 0.1) is 0 Å². The molecule has 0 aliphatic carbocycles. The average Bonchev–Trinajstić information content (AvgIpc) is 2.90. The maximum absolute atomic E-state index is 13.0. The number of rotatable bonds is 5. The van der Waals surface area contributed by atoms with Gasteiger partial charge in [-0.05, 0) is 50.3 Å². The zero-order valence-electron chi connectivity index (χ0n) is 15.8. The molecule has 1 saturated heterocycles. The van der Waals surface area contributed by atoms with Crippen molar-refractivity contribution in [3.63, 3.8) is 0 Å². The van der Waals surface area contributed by atoms with Crippen LogP contribution in [0.1, 0.15) is 19.4 Å². The fourth-order valence-corrected chi connectivity index (χ4v) is 3.98. The Hall–Kier alpha value is -2.31. The second-order valence-electron chi connectivity index (χ2n) is 6.63. The van der Waals surface area contributed by atoms with Crippen LogP contribution < -0.4 is 14.5 Å². The highest BCUT2D eigenvalue weighted by Crippen LogP contribution is 2.37. The van der Waals surface area contributed by atoms with E-state index in [-0.39, 0.29) is 12.0 Å². The van der Waals surface area contributed by atoms with Crippen molar-refractivity contribution in [3.05, 3.63) is 59.0 Å². The fourth-order valence-electron chi connectivity index (χ4n) is 2.69. The van der Waals surface area contributed by atoms with Gasteiger partial charge in [0.05, 0.1) is 16.7 Å². The van der Waals surface area contributed by atoms with E-state index in [2.05, 4.69) is 0 Å². The van der Waals surface area contributed by atoms with E-state index < -0.39 is 0 Å². The normalized spacial score (nSPS) is 15.7. The van der Waals surface area contributed by atoms with E-state index in [0.29, 0.717) is 9.23 Å². The molecule has 6 heteroatoms. The van der Waals surface area contributed by atoms with Gasteiger partial charge in [-0.3, -0.25) is 9.69 Å². The monoisotopic (exact) mass is 398 g/mol. The predicted octanol–water partition coefficient (Wildman–Crippen LogP) is 4.95. The van der Waals surface area contributed by atoms with Gasteiger partial charge in [0, 0.05) is 25.3 Å². The second-order valence-corrected chi connectivity index (χ2v) is 8.31. The van der Waals surface area contributed by atoms with Crippen LogP contribution in [0.4, 0.5) is 11.4 Å². The maximum Gasteiger partial charge on any atom is 0.270 e. The van der Waals surface area contributed by atoms with E-state index in [1.165, 1.54) is 11.8 Å². The van der Waals surface area contributed by atoms with Gasteiger partial charge in [0.25, 0.3) is 5.91 Å². The van der Waals surface area contributed by atoms with Gasteiger partial charge in [-0.2, -0.15) is 0 Å². The molecule has 3 rings (SSSR count). The molecule has 1 fully saturated rings. The molecular weight excluding hydrogens is 376 g/mol. The quantitative estimate of drug-likeness (QED) is 0.526. The molecule has 1 aliphatic rings. The molecule has 0 unspecified atom stereocenters. The number of thiocarbonyl (C=S) groups is 1. The number of thioether (sulfide) groups is 1. The summed E-state index contributed by atoms with van der Waals surface area (Å²) in [6.07, 6.45) is 1.91. The first-order valence-corrected chi connectivity index (χ1v) is 9.90. The summed E-state index contributed by atoms with van der Waals surface area (Å²) in [5.74, 6) is 0.648. The Morgan fingerprint density at radius 1 is 1.11 bits per heavy atom. The van der Waals surface area contributed by atoms with Crippen molar-refractivity contribution in [2.75, 3.05) is 23.9 Å². The lowest BCUT2D eigenvalue weighted by atomic mass is 10.1. The highest BCUT2D eigenvalue weighted by Gasteiger charge is 2.33. The first-order chi connectivity index (χ1) is 12.9. The van der Waals surface area contributed by atoms with Crippen LogP contribution in [0.3, 0.4) is 0 Å². The molecule has 2 aromatic rings. The maximum atomic E-state index is 13.0. The van der Waals surface area contributed by atoms with Crippen molar-refractivity contribution >= 4 is 51.7 Å². The first-order valence-electron chi connectivity index (χ1n) is 8.68. The highest BCUT2D eigenvalue weighted by molar-refractivity contribution is 8.27. The fraction of sp³-hybridized carbons (Fsp3) is 0.238. The Kier molecular flexibility index (Phi) is 5.87. The number of para-hydroxylation sites is 1. The van der Waals surface area contributed by atoms with Crippen LogP contribution in [-0.4, -0.2) is 30.4 Å². The molecule has 0 aromatic heterocycles. The molecule has 1 heterocycles. The third kappa shape index (κ3) is 4.34. The SMILES string of the molecule is CC(C)Oc1ccccc1/C=C1\SC(=S)N(c2ccc(N(C)C)cc2)C1=O. The third-order valence-corrected chi connectivity index (χ3v) is 5.29. The number of hydrogen-bond acceptors (Lipinski definition) is 5. The van der Waals surface area contributed by atoms with Crippen LogP contribution in [-0.2, 0) is 4.79 Å². The van der Waals surface area contributed by atoms with E-state index in [0.717, 1.165) is 22.7 Å². The summed E-state index contributed by atoms with van der Waals surface area (Å²) in [5, 5.41) is 0. The van der Waals surface area contributed by atoms with Gasteiger partial charge in [-0.1, -0.05) is 42.2 Å². The second kappa shape index (κ2) is 8.15. The lowest BCUT2D eigenvalue weighted by Gasteiger charge is -2.17. The van der Waals surface area contributed by atoms with Gasteiger partial charge in [0.2, 0.25) is 0 Å². The van der Waals surface area contributed by atoms with Gasteiger partial charge < -0.3 is 9.64 Å². The van der Waals surface area contributed by atoms with E-state index in [9.17, 15) is 4.79 Å². The topological polar surface area (TPSA) is 32.8 Å². The molecule has 0 saturated carbocycles. The predicted molar refractivity (Wildman–Crippen MR) is 119 cm³/mol. The summed E-state index contributed by atoms with van der Waals surface area (Å²) in [6.45, 7) is 3.96. The highest BCUT2D eigenvalue weighted by atomic mass is 32.2. The average molecular weight is 399 g/mol. The third-order valence-electron chi connectivity index (χ3n) is 3.99. The summed E-state index contributed by atoms with van der Waals surface area (Å²) in [4.78, 5) is 17.2. The van der Waals surface area contributed by atoms with Crippen molar-refractivity contribution in [3.8, 4) is 5.75 Å². The van der Waals surface area contributed by atoms with E-state index in [4.69, 9.17) is 17.0 Å². The van der Waals surface area contributed by atoms with Gasteiger partial charge in [-0.25, -0.2) is 0 Å². The van der Waals surface area contributed by atoms with Crippen molar-refractivity contribution in [1.82, 2.24) is 0 Å². The summed E-state index contributed by atoms with van der Waals surface area (Å²) < 4.78 is 6.38. The lowest BCUT2D eigenvalue weighted by Crippen LogP contribution is -2.27. The van der Waals surface area contributed by atoms with Crippen molar-refractivity contribution in [2.45, 2.75) is 20.0 Å². The lowest BCUT2D eigenvalue weighted by molar-refractivity contribution is -0.113. The zero-order chi connectivity index (χ0) is 19.6. The number of nitrogens with zero attached hydrogens (tertiary/aromatic N) is 2. The number of ether oxygens (including phenoxy) is 1. The van der Waals surface area contributed by atoms with Crippen LogP contribution in [0.25, 0.3) is 6.08 Å².